The Balaban J connectivity index is 1.20. The van der Waals surface area contributed by atoms with Crippen LogP contribution in [0.15, 0.2) is 36.4 Å². The average molecular weight is 537 g/mol. The van der Waals surface area contributed by atoms with E-state index in [1.807, 2.05) is 0 Å². The largest absolute Gasteiger partial charge is 0.429 e. The van der Waals surface area contributed by atoms with Gasteiger partial charge in [0.2, 0.25) is 0 Å². The molecule has 0 aromatic heterocycles. The lowest BCUT2D eigenvalue weighted by Crippen LogP contribution is -2.22. The fourth-order valence-electron chi connectivity index (χ4n) is 6.49. The Kier molecular flexibility index (Phi) is 10.1. The van der Waals surface area contributed by atoms with Crippen LogP contribution in [0.3, 0.4) is 0 Å². The quantitative estimate of drug-likeness (QED) is 0.158. The Morgan fingerprint density at radius 1 is 0.711 bits per heavy atom. The van der Waals surface area contributed by atoms with Crippen LogP contribution in [-0.4, -0.2) is 0 Å². The van der Waals surface area contributed by atoms with Gasteiger partial charge in [-0.1, -0.05) is 83.3 Å². The van der Waals surface area contributed by atoms with Crippen molar-refractivity contribution in [1.82, 2.24) is 0 Å². The van der Waals surface area contributed by atoms with Gasteiger partial charge in [-0.25, -0.2) is 13.2 Å². The zero-order valence-corrected chi connectivity index (χ0v) is 22.5. The maximum Gasteiger partial charge on any atom is 0.426 e. The SMILES string of the molecule is CCCCCC1CCC(CCC2CCC(c3ccc(OC(F)(F)c4cc(F)c(F)c(F)c4)cc3)CC2)CC1. The van der Waals surface area contributed by atoms with E-state index in [1.54, 1.807) is 12.1 Å². The monoisotopic (exact) mass is 536 g/mol. The van der Waals surface area contributed by atoms with E-state index in [4.69, 9.17) is 4.74 Å². The predicted molar refractivity (Wildman–Crippen MR) is 141 cm³/mol. The number of unbranched alkanes of at least 4 members (excludes halogenated alkanes) is 2. The third kappa shape index (κ3) is 7.72. The molecule has 2 aliphatic rings. The molecule has 0 radical (unpaired) electrons. The summed E-state index contributed by atoms with van der Waals surface area (Å²) in [5.74, 6) is -2.21. The van der Waals surface area contributed by atoms with Gasteiger partial charge in [0.1, 0.15) is 5.75 Å². The van der Waals surface area contributed by atoms with Crippen molar-refractivity contribution in [3.63, 3.8) is 0 Å². The summed E-state index contributed by atoms with van der Waals surface area (Å²) < 4.78 is 73.5. The molecule has 6 heteroatoms. The highest BCUT2D eigenvalue weighted by molar-refractivity contribution is 5.31. The Morgan fingerprint density at radius 3 is 1.74 bits per heavy atom. The zero-order chi connectivity index (χ0) is 27.1. The number of hydrogen-bond acceptors (Lipinski definition) is 1. The number of benzene rings is 2. The minimum atomic E-state index is -4.00. The molecule has 1 nitrogen and oxygen atoms in total. The van der Waals surface area contributed by atoms with E-state index in [0.29, 0.717) is 5.92 Å². The molecule has 0 heterocycles. The third-order valence-corrected chi connectivity index (χ3v) is 8.93. The summed E-state index contributed by atoms with van der Waals surface area (Å²) in [5.41, 5.74) is 0.0238. The van der Waals surface area contributed by atoms with Crippen LogP contribution in [0.1, 0.15) is 114 Å². The lowest BCUT2D eigenvalue weighted by Gasteiger charge is -2.32. The van der Waals surface area contributed by atoms with Crippen molar-refractivity contribution in [3.05, 3.63) is 65.0 Å². The Bertz CT molecular complexity index is 982. The highest BCUT2D eigenvalue weighted by atomic mass is 19.3. The molecule has 38 heavy (non-hydrogen) atoms. The molecule has 0 spiro atoms. The summed E-state index contributed by atoms with van der Waals surface area (Å²) in [6, 6.07) is 7.02. The first-order valence-electron chi connectivity index (χ1n) is 14.6. The van der Waals surface area contributed by atoms with E-state index in [-0.39, 0.29) is 17.9 Å². The summed E-state index contributed by atoms with van der Waals surface area (Å²) in [5, 5.41) is 0. The molecule has 0 atom stereocenters. The van der Waals surface area contributed by atoms with Gasteiger partial charge in [0.05, 0.1) is 5.56 Å². The lowest BCUT2D eigenvalue weighted by atomic mass is 9.74. The molecule has 2 saturated carbocycles. The number of halogens is 5. The summed E-state index contributed by atoms with van der Waals surface area (Å²) in [6.07, 6.45) is 14.4. The van der Waals surface area contributed by atoms with Crippen molar-refractivity contribution in [1.29, 1.82) is 0 Å². The molecule has 210 valence electrons. The van der Waals surface area contributed by atoms with Crippen LogP contribution < -0.4 is 4.74 Å². The van der Waals surface area contributed by atoms with Gasteiger partial charge < -0.3 is 4.74 Å². The average Bonchev–Trinajstić information content (AvgIpc) is 2.92. The maximum atomic E-state index is 14.4. The van der Waals surface area contributed by atoms with E-state index in [2.05, 4.69) is 6.92 Å². The maximum absolute atomic E-state index is 14.4. The molecule has 4 rings (SSSR count). The van der Waals surface area contributed by atoms with Crippen LogP contribution in [-0.2, 0) is 6.11 Å². The van der Waals surface area contributed by atoms with Crippen LogP contribution in [0.25, 0.3) is 0 Å². The smallest absolute Gasteiger partial charge is 0.426 e. The molecule has 2 fully saturated rings. The van der Waals surface area contributed by atoms with Crippen LogP contribution >= 0.6 is 0 Å². The molecule has 0 bridgehead atoms. The molecule has 0 N–H and O–H groups in total. The van der Waals surface area contributed by atoms with Crippen molar-refractivity contribution < 1.29 is 26.7 Å². The van der Waals surface area contributed by atoms with Crippen molar-refractivity contribution in [2.75, 3.05) is 0 Å². The van der Waals surface area contributed by atoms with Crippen molar-refractivity contribution in [2.24, 2.45) is 17.8 Å². The van der Waals surface area contributed by atoms with Gasteiger partial charge in [0.25, 0.3) is 0 Å². The second-order valence-corrected chi connectivity index (χ2v) is 11.6. The third-order valence-electron chi connectivity index (χ3n) is 8.93. The number of alkyl halides is 2. The molecule has 2 aliphatic carbocycles. The van der Waals surface area contributed by atoms with Crippen LogP contribution in [0.5, 0.6) is 5.75 Å². The molecule has 2 aromatic rings. The Hall–Kier alpha value is -2.11. The van der Waals surface area contributed by atoms with Gasteiger partial charge in [-0.15, -0.1) is 0 Å². The number of hydrogen-bond donors (Lipinski definition) is 0. The summed E-state index contributed by atoms with van der Waals surface area (Å²) >= 11 is 0. The zero-order valence-electron chi connectivity index (χ0n) is 22.5. The first-order chi connectivity index (χ1) is 18.2. The summed E-state index contributed by atoms with van der Waals surface area (Å²) in [6.45, 7) is 2.27. The van der Waals surface area contributed by atoms with Gasteiger partial charge in [0.15, 0.2) is 17.5 Å². The second-order valence-electron chi connectivity index (χ2n) is 11.6. The van der Waals surface area contributed by atoms with E-state index >= 15 is 0 Å². The first kappa shape index (κ1) is 28.9. The van der Waals surface area contributed by atoms with Crippen molar-refractivity contribution in [3.8, 4) is 5.75 Å². The van der Waals surface area contributed by atoms with Gasteiger partial charge >= 0.3 is 6.11 Å². The molecular weight excluding hydrogens is 495 g/mol. The van der Waals surface area contributed by atoms with Crippen LogP contribution in [0.2, 0.25) is 0 Å². The van der Waals surface area contributed by atoms with E-state index in [1.165, 1.54) is 89.2 Å². The van der Waals surface area contributed by atoms with Crippen LogP contribution in [0.4, 0.5) is 22.0 Å². The number of ether oxygens (including phenoxy) is 1. The van der Waals surface area contributed by atoms with Crippen molar-refractivity contribution in [2.45, 2.75) is 109 Å². The fourth-order valence-corrected chi connectivity index (χ4v) is 6.49. The summed E-state index contributed by atoms with van der Waals surface area (Å²) in [7, 11) is 0. The van der Waals surface area contributed by atoms with Gasteiger partial charge in [-0.2, -0.15) is 8.78 Å². The Morgan fingerprint density at radius 2 is 1.21 bits per heavy atom. The topological polar surface area (TPSA) is 9.23 Å². The van der Waals surface area contributed by atoms with Gasteiger partial charge in [-0.3, -0.25) is 0 Å². The summed E-state index contributed by atoms with van der Waals surface area (Å²) in [4.78, 5) is 0. The van der Waals surface area contributed by atoms with Gasteiger partial charge in [0, 0.05) is 0 Å². The van der Waals surface area contributed by atoms with Gasteiger partial charge in [-0.05, 0) is 79.2 Å². The molecule has 0 aliphatic heterocycles. The Labute approximate surface area is 224 Å². The molecule has 0 unspecified atom stereocenters. The van der Waals surface area contributed by atoms with E-state index in [0.717, 1.165) is 36.2 Å². The highest BCUT2D eigenvalue weighted by Crippen LogP contribution is 2.41. The molecular formula is C32H41F5O. The van der Waals surface area contributed by atoms with E-state index in [9.17, 15) is 22.0 Å². The molecule has 0 saturated heterocycles. The van der Waals surface area contributed by atoms with Crippen LogP contribution in [0, 0.1) is 35.2 Å². The minimum Gasteiger partial charge on any atom is -0.429 e. The normalized spacial score (nSPS) is 24.4. The fraction of sp³-hybridized carbons (Fsp3) is 0.625. The lowest BCUT2D eigenvalue weighted by molar-refractivity contribution is -0.185. The molecule has 2 aromatic carbocycles. The highest BCUT2D eigenvalue weighted by Gasteiger charge is 2.36. The second kappa shape index (κ2) is 13.3. The predicted octanol–water partition coefficient (Wildman–Crippen LogP) is 10.7. The minimum absolute atomic E-state index is 0.113. The molecule has 0 amide bonds. The standard InChI is InChI=1S/C32H41F5O/c1-2-3-4-5-22-6-8-23(9-7-22)10-11-24-12-14-25(15-13-24)26-16-18-28(19-17-26)38-32(36,37)27-20-29(33)31(35)30(34)21-27/h16-25H,2-15H2,1H3. The van der Waals surface area contributed by atoms with Crippen molar-refractivity contribution >= 4 is 0 Å². The first-order valence-corrected chi connectivity index (χ1v) is 14.6. The number of rotatable bonds is 11. The van der Waals surface area contributed by atoms with E-state index < -0.39 is 29.1 Å².